The van der Waals surface area contributed by atoms with Gasteiger partial charge < -0.3 is 19.7 Å². The summed E-state index contributed by atoms with van der Waals surface area (Å²) in [5.74, 6) is 0. The number of halogens is 1. The number of benzene rings is 2. The molecule has 1 fully saturated rings. The molecular formula is C29H30BrN5S. The van der Waals surface area contributed by atoms with Gasteiger partial charge in [0, 0.05) is 53.2 Å². The van der Waals surface area contributed by atoms with E-state index >= 15 is 0 Å². The van der Waals surface area contributed by atoms with Crippen molar-refractivity contribution < 1.29 is 0 Å². The van der Waals surface area contributed by atoms with E-state index in [1.54, 1.807) is 0 Å². The molecule has 5 rings (SSSR count). The van der Waals surface area contributed by atoms with Crippen LogP contribution in [0.3, 0.4) is 0 Å². The minimum absolute atomic E-state index is 0.0472. The van der Waals surface area contributed by atoms with Crippen LogP contribution in [0.15, 0.2) is 77.4 Å². The number of anilines is 2. The van der Waals surface area contributed by atoms with E-state index in [0.29, 0.717) is 5.11 Å². The Balaban J connectivity index is 1.65. The molecule has 2 aromatic carbocycles. The minimum Gasteiger partial charge on any atom is -0.378 e. The summed E-state index contributed by atoms with van der Waals surface area (Å²) in [7, 11) is 4.12. The molecule has 2 aromatic heterocycles. The van der Waals surface area contributed by atoms with Crippen molar-refractivity contribution in [1.82, 2.24) is 14.9 Å². The summed E-state index contributed by atoms with van der Waals surface area (Å²) < 4.78 is 3.41. The highest BCUT2D eigenvalue weighted by molar-refractivity contribution is 9.10. The van der Waals surface area contributed by atoms with Gasteiger partial charge in [0.1, 0.15) is 0 Å². The summed E-state index contributed by atoms with van der Waals surface area (Å²) in [5.41, 5.74) is 9.15. The minimum atomic E-state index is -0.0762. The maximum absolute atomic E-state index is 5.93. The number of hydrogen-bond donors (Lipinski definition) is 1. The summed E-state index contributed by atoms with van der Waals surface area (Å²) >= 11 is 9.57. The Morgan fingerprint density at radius 3 is 2.31 bits per heavy atom. The van der Waals surface area contributed by atoms with Crippen LogP contribution in [0.25, 0.3) is 5.69 Å². The van der Waals surface area contributed by atoms with Crippen molar-refractivity contribution in [3.05, 3.63) is 106 Å². The molecule has 1 aliphatic heterocycles. The first kappa shape index (κ1) is 24.5. The first-order chi connectivity index (χ1) is 17.3. The zero-order valence-corrected chi connectivity index (χ0v) is 23.6. The maximum atomic E-state index is 5.93. The van der Waals surface area contributed by atoms with Gasteiger partial charge in [0.25, 0.3) is 0 Å². The highest BCUT2D eigenvalue weighted by atomic mass is 79.9. The van der Waals surface area contributed by atoms with E-state index in [4.69, 9.17) is 17.2 Å². The van der Waals surface area contributed by atoms with E-state index < -0.39 is 0 Å². The van der Waals surface area contributed by atoms with Crippen LogP contribution in [0, 0.1) is 20.8 Å². The molecule has 7 heteroatoms. The predicted octanol–water partition coefficient (Wildman–Crippen LogP) is 6.80. The van der Waals surface area contributed by atoms with Crippen LogP contribution in [0.4, 0.5) is 11.4 Å². The maximum Gasteiger partial charge on any atom is 0.174 e. The summed E-state index contributed by atoms with van der Waals surface area (Å²) in [4.78, 5) is 9.07. The molecule has 36 heavy (non-hydrogen) atoms. The van der Waals surface area contributed by atoms with Gasteiger partial charge in [-0.15, -0.1) is 0 Å². The van der Waals surface area contributed by atoms with Gasteiger partial charge in [0.15, 0.2) is 5.11 Å². The normalized spacial score (nSPS) is 17.4. The lowest BCUT2D eigenvalue weighted by molar-refractivity contribution is 0.565. The molecule has 2 atom stereocenters. The zero-order valence-electron chi connectivity index (χ0n) is 21.2. The number of rotatable bonds is 5. The van der Waals surface area contributed by atoms with Crippen LogP contribution in [0.1, 0.15) is 40.3 Å². The summed E-state index contributed by atoms with van der Waals surface area (Å²) in [5, 5.41) is 4.29. The van der Waals surface area contributed by atoms with E-state index in [1.807, 2.05) is 18.3 Å². The Labute approximate surface area is 226 Å². The number of aryl methyl sites for hydroxylation is 2. The average Bonchev–Trinajstić information content (AvgIpc) is 3.36. The van der Waals surface area contributed by atoms with Gasteiger partial charge in [-0.25, -0.2) is 0 Å². The van der Waals surface area contributed by atoms with E-state index in [1.165, 1.54) is 28.2 Å². The van der Waals surface area contributed by atoms with Crippen LogP contribution >= 0.6 is 28.1 Å². The highest BCUT2D eigenvalue weighted by Gasteiger charge is 2.42. The summed E-state index contributed by atoms with van der Waals surface area (Å²) in [6, 6.07) is 23.3. The largest absolute Gasteiger partial charge is 0.378 e. The second kappa shape index (κ2) is 9.71. The van der Waals surface area contributed by atoms with Crippen molar-refractivity contribution in [2.45, 2.75) is 32.9 Å². The van der Waals surface area contributed by atoms with Crippen molar-refractivity contribution in [2.24, 2.45) is 0 Å². The number of aromatic nitrogens is 2. The molecule has 0 unspecified atom stereocenters. The van der Waals surface area contributed by atoms with Crippen molar-refractivity contribution in [2.75, 3.05) is 23.9 Å². The van der Waals surface area contributed by atoms with Crippen molar-refractivity contribution in [3.8, 4) is 5.69 Å². The Morgan fingerprint density at radius 2 is 1.67 bits per heavy atom. The number of hydrogen-bond acceptors (Lipinski definition) is 3. The fourth-order valence-electron chi connectivity index (χ4n) is 5.11. The van der Waals surface area contributed by atoms with E-state index in [0.717, 1.165) is 21.5 Å². The lowest BCUT2D eigenvalue weighted by Crippen LogP contribution is -2.29. The van der Waals surface area contributed by atoms with Crippen LogP contribution in [0.2, 0.25) is 0 Å². The summed E-state index contributed by atoms with van der Waals surface area (Å²) in [6.07, 6.45) is 1.85. The molecule has 0 spiro atoms. The number of pyridine rings is 1. The molecule has 0 amide bonds. The van der Waals surface area contributed by atoms with Crippen LogP contribution < -0.4 is 15.1 Å². The van der Waals surface area contributed by atoms with Crippen molar-refractivity contribution in [1.29, 1.82) is 0 Å². The smallest absolute Gasteiger partial charge is 0.174 e. The second-order valence-corrected chi connectivity index (χ2v) is 10.7. The van der Waals surface area contributed by atoms with Gasteiger partial charge in [0.2, 0.25) is 0 Å². The Bertz CT molecular complexity index is 1410. The molecule has 184 valence electrons. The molecule has 0 aliphatic carbocycles. The molecule has 0 radical (unpaired) electrons. The lowest BCUT2D eigenvalue weighted by Gasteiger charge is -2.28. The van der Waals surface area contributed by atoms with Crippen LogP contribution in [-0.2, 0) is 0 Å². The van der Waals surface area contributed by atoms with Gasteiger partial charge in [-0.05, 0) is 105 Å². The van der Waals surface area contributed by atoms with Crippen LogP contribution in [0.5, 0.6) is 0 Å². The molecule has 3 heterocycles. The number of thiocarbonyl (C=S) groups is 1. The van der Waals surface area contributed by atoms with E-state index in [-0.39, 0.29) is 12.1 Å². The molecule has 0 saturated carbocycles. The number of nitrogens with zero attached hydrogens (tertiary/aromatic N) is 4. The Morgan fingerprint density at radius 1 is 0.944 bits per heavy atom. The quantitative estimate of drug-likeness (QED) is 0.272. The Hall–Kier alpha value is -3.16. The monoisotopic (exact) mass is 559 g/mol. The fourth-order valence-corrected chi connectivity index (χ4v) is 5.70. The zero-order chi connectivity index (χ0) is 25.6. The molecule has 4 aromatic rings. The predicted molar refractivity (Wildman–Crippen MR) is 156 cm³/mol. The fraction of sp³-hybridized carbons (Fsp3) is 0.241. The van der Waals surface area contributed by atoms with E-state index in [2.05, 4.69) is 125 Å². The van der Waals surface area contributed by atoms with Gasteiger partial charge in [-0.2, -0.15) is 0 Å². The SMILES string of the molecule is Cc1cc(N2C(=S)N[C@@H](c3ccccn3)[C@@H]2c2cc(C)n(-c3ccc(N(C)C)cc3)c2C)ccc1Br. The standard InChI is InChI=1S/C29H30BrN5S/c1-18-16-23(13-14-25(18)30)35-28(27(32-29(35)36)26-8-6-7-15-31-26)24-17-19(2)34(20(24)3)22-11-9-21(10-12-22)33(4)5/h6-17,27-28H,1-5H3,(H,32,36)/t27-,28-/m0/s1. The molecule has 1 aliphatic rings. The lowest BCUT2D eigenvalue weighted by atomic mass is 9.96. The van der Waals surface area contributed by atoms with Gasteiger partial charge in [-0.3, -0.25) is 4.98 Å². The molecular weight excluding hydrogens is 530 g/mol. The van der Waals surface area contributed by atoms with E-state index in [9.17, 15) is 0 Å². The van der Waals surface area contributed by atoms with Gasteiger partial charge >= 0.3 is 0 Å². The first-order valence-electron chi connectivity index (χ1n) is 12.0. The molecule has 5 nitrogen and oxygen atoms in total. The molecule has 0 bridgehead atoms. The van der Waals surface area contributed by atoms with Gasteiger partial charge in [0.05, 0.1) is 17.8 Å². The molecule has 1 saturated heterocycles. The Kier molecular flexibility index (Phi) is 6.62. The number of nitrogens with one attached hydrogen (secondary N) is 1. The molecule has 1 N–H and O–H groups in total. The first-order valence-corrected chi connectivity index (χ1v) is 13.2. The van der Waals surface area contributed by atoms with Crippen molar-refractivity contribution >= 4 is 44.6 Å². The second-order valence-electron chi connectivity index (χ2n) is 9.50. The van der Waals surface area contributed by atoms with Gasteiger partial charge in [-0.1, -0.05) is 22.0 Å². The average molecular weight is 561 g/mol. The third-order valence-electron chi connectivity index (χ3n) is 6.93. The van der Waals surface area contributed by atoms with Crippen LogP contribution in [-0.4, -0.2) is 28.8 Å². The third kappa shape index (κ3) is 4.31. The van der Waals surface area contributed by atoms with Crippen molar-refractivity contribution in [3.63, 3.8) is 0 Å². The summed E-state index contributed by atoms with van der Waals surface area (Å²) in [6.45, 7) is 6.47. The highest BCUT2D eigenvalue weighted by Crippen LogP contribution is 2.44. The third-order valence-corrected chi connectivity index (χ3v) is 8.14. The topological polar surface area (TPSA) is 36.3 Å².